The first kappa shape index (κ1) is 16.4. The Balaban J connectivity index is 1.59. The molecule has 4 rings (SSSR count). The van der Waals surface area contributed by atoms with Crippen molar-refractivity contribution < 1.29 is 9.84 Å². The molecule has 1 atom stereocenters. The predicted molar refractivity (Wildman–Crippen MR) is 105 cm³/mol. The van der Waals surface area contributed by atoms with Crippen LogP contribution >= 0.6 is 0 Å². The Morgan fingerprint density at radius 1 is 0.731 bits per heavy atom. The molecule has 0 spiro atoms. The molecule has 26 heavy (non-hydrogen) atoms. The van der Waals surface area contributed by atoms with Crippen LogP contribution in [0, 0.1) is 0 Å². The topological polar surface area (TPSA) is 29.5 Å². The molecule has 0 heterocycles. The molecule has 2 heteroatoms. The maximum atomic E-state index is 10.9. The van der Waals surface area contributed by atoms with Crippen LogP contribution < -0.4 is 4.74 Å². The van der Waals surface area contributed by atoms with Crippen molar-refractivity contribution in [3.8, 4) is 5.75 Å². The van der Waals surface area contributed by atoms with Crippen molar-refractivity contribution in [1.29, 1.82) is 0 Å². The fraction of sp³-hybridized carbons (Fsp3) is 0.0833. The average molecular weight is 340 g/mol. The lowest BCUT2D eigenvalue weighted by atomic mass is 9.96. The van der Waals surface area contributed by atoms with Gasteiger partial charge in [-0.25, -0.2) is 0 Å². The van der Waals surface area contributed by atoms with Gasteiger partial charge in [-0.05, 0) is 39.6 Å². The van der Waals surface area contributed by atoms with Gasteiger partial charge in [-0.1, -0.05) is 84.9 Å². The van der Waals surface area contributed by atoms with Crippen molar-refractivity contribution in [3.63, 3.8) is 0 Å². The van der Waals surface area contributed by atoms with Crippen LogP contribution in [0.5, 0.6) is 5.75 Å². The van der Waals surface area contributed by atoms with E-state index in [1.807, 2.05) is 84.9 Å². The van der Waals surface area contributed by atoms with E-state index < -0.39 is 6.10 Å². The molecule has 0 radical (unpaired) electrons. The van der Waals surface area contributed by atoms with Gasteiger partial charge in [-0.2, -0.15) is 0 Å². The van der Waals surface area contributed by atoms with E-state index in [0.29, 0.717) is 6.61 Å². The summed E-state index contributed by atoms with van der Waals surface area (Å²) in [4.78, 5) is 0. The Labute approximate surface area is 153 Å². The van der Waals surface area contributed by atoms with Crippen LogP contribution in [0.1, 0.15) is 22.8 Å². The Morgan fingerprint density at radius 3 is 2.35 bits per heavy atom. The summed E-state index contributed by atoms with van der Waals surface area (Å²) >= 11 is 0. The molecule has 0 saturated heterocycles. The van der Waals surface area contributed by atoms with Crippen LogP contribution in [0.4, 0.5) is 0 Å². The smallest absolute Gasteiger partial charge is 0.120 e. The molecule has 4 aromatic carbocycles. The van der Waals surface area contributed by atoms with E-state index >= 15 is 0 Å². The second-order valence-corrected chi connectivity index (χ2v) is 6.32. The molecule has 0 aromatic heterocycles. The van der Waals surface area contributed by atoms with Gasteiger partial charge in [0.25, 0.3) is 0 Å². The van der Waals surface area contributed by atoms with Crippen molar-refractivity contribution >= 4 is 10.8 Å². The molecule has 128 valence electrons. The van der Waals surface area contributed by atoms with E-state index in [2.05, 4.69) is 12.1 Å². The fourth-order valence-electron chi connectivity index (χ4n) is 3.18. The second-order valence-electron chi connectivity index (χ2n) is 6.32. The van der Waals surface area contributed by atoms with Crippen LogP contribution in [0.2, 0.25) is 0 Å². The minimum absolute atomic E-state index is 0.509. The Bertz CT molecular complexity index is 1000. The lowest BCUT2D eigenvalue weighted by molar-refractivity contribution is 0.220. The van der Waals surface area contributed by atoms with Crippen molar-refractivity contribution in [1.82, 2.24) is 0 Å². The first-order valence-electron chi connectivity index (χ1n) is 8.74. The standard InChI is InChI=1S/C24H20O2/c25-24(23-15-7-11-19-10-4-5-14-22(19)23)20-12-6-13-21(16-20)26-17-18-8-2-1-3-9-18/h1-16,24-25H,17H2. The van der Waals surface area contributed by atoms with Crippen LogP contribution in [-0.4, -0.2) is 5.11 Å². The molecule has 0 aliphatic rings. The minimum atomic E-state index is -0.693. The SMILES string of the molecule is OC(c1cccc(OCc2ccccc2)c1)c1cccc2ccccc12. The van der Waals surface area contributed by atoms with E-state index in [1.165, 1.54) is 0 Å². The predicted octanol–water partition coefficient (Wildman–Crippen LogP) is 5.50. The molecule has 0 bridgehead atoms. The van der Waals surface area contributed by atoms with Gasteiger partial charge in [-0.3, -0.25) is 0 Å². The lowest BCUT2D eigenvalue weighted by Gasteiger charge is -2.15. The van der Waals surface area contributed by atoms with Gasteiger partial charge in [-0.15, -0.1) is 0 Å². The van der Waals surface area contributed by atoms with Gasteiger partial charge < -0.3 is 9.84 Å². The maximum Gasteiger partial charge on any atom is 0.120 e. The fourth-order valence-corrected chi connectivity index (χ4v) is 3.18. The summed E-state index contributed by atoms with van der Waals surface area (Å²) < 4.78 is 5.90. The molecule has 4 aromatic rings. The number of ether oxygens (including phenoxy) is 1. The number of fused-ring (bicyclic) bond motifs is 1. The third-order valence-corrected chi connectivity index (χ3v) is 4.54. The number of aliphatic hydroxyl groups excluding tert-OH is 1. The van der Waals surface area contributed by atoms with E-state index in [1.54, 1.807) is 0 Å². The highest BCUT2D eigenvalue weighted by Crippen LogP contribution is 2.30. The molecular weight excluding hydrogens is 320 g/mol. The number of rotatable bonds is 5. The normalized spacial score (nSPS) is 12.0. The molecule has 1 N–H and O–H groups in total. The highest BCUT2D eigenvalue weighted by molar-refractivity contribution is 5.86. The Kier molecular flexibility index (Phi) is 4.67. The number of benzene rings is 4. The summed E-state index contributed by atoms with van der Waals surface area (Å²) in [5.41, 5.74) is 2.85. The van der Waals surface area contributed by atoms with Gasteiger partial charge in [0.2, 0.25) is 0 Å². The van der Waals surface area contributed by atoms with Gasteiger partial charge in [0.05, 0.1) is 0 Å². The first-order chi connectivity index (χ1) is 12.8. The number of hydrogen-bond acceptors (Lipinski definition) is 2. The molecule has 1 unspecified atom stereocenters. The lowest BCUT2D eigenvalue weighted by Crippen LogP contribution is -2.02. The average Bonchev–Trinajstić information content (AvgIpc) is 2.72. The summed E-state index contributed by atoms with van der Waals surface area (Å²) in [6.07, 6.45) is -0.693. The monoisotopic (exact) mass is 340 g/mol. The van der Waals surface area contributed by atoms with Crippen LogP contribution in [-0.2, 0) is 6.61 Å². The largest absolute Gasteiger partial charge is 0.489 e. The van der Waals surface area contributed by atoms with E-state index in [9.17, 15) is 5.11 Å². The number of hydrogen-bond donors (Lipinski definition) is 1. The third kappa shape index (κ3) is 3.46. The summed E-state index contributed by atoms with van der Waals surface area (Å²) in [5.74, 6) is 0.755. The maximum absolute atomic E-state index is 10.9. The van der Waals surface area contributed by atoms with Gasteiger partial charge in [0, 0.05) is 0 Å². The zero-order valence-corrected chi connectivity index (χ0v) is 14.4. The highest BCUT2D eigenvalue weighted by Gasteiger charge is 2.14. The van der Waals surface area contributed by atoms with Crippen molar-refractivity contribution in [2.24, 2.45) is 0 Å². The molecule has 0 amide bonds. The summed E-state index contributed by atoms with van der Waals surface area (Å²) in [7, 11) is 0. The quantitative estimate of drug-likeness (QED) is 0.520. The minimum Gasteiger partial charge on any atom is -0.489 e. The molecule has 0 fully saturated rings. The zero-order valence-electron chi connectivity index (χ0n) is 14.4. The van der Waals surface area contributed by atoms with E-state index in [4.69, 9.17) is 4.74 Å². The summed E-state index contributed by atoms with van der Waals surface area (Å²) in [6, 6.07) is 31.9. The Morgan fingerprint density at radius 2 is 1.46 bits per heavy atom. The van der Waals surface area contributed by atoms with Crippen molar-refractivity contribution in [2.45, 2.75) is 12.7 Å². The van der Waals surface area contributed by atoms with Crippen LogP contribution in [0.15, 0.2) is 97.1 Å². The summed E-state index contributed by atoms with van der Waals surface area (Å²) in [6.45, 7) is 0.509. The van der Waals surface area contributed by atoms with E-state index in [0.717, 1.165) is 33.2 Å². The molecular formula is C24H20O2. The van der Waals surface area contributed by atoms with Crippen LogP contribution in [0.25, 0.3) is 10.8 Å². The molecule has 2 nitrogen and oxygen atoms in total. The molecule has 0 saturated carbocycles. The summed E-state index contributed by atoms with van der Waals surface area (Å²) in [5, 5.41) is 13.1. The number of aliphatic hydroxyl groups is 1. The highest BCUT2D eigenvalue weighted by atomic mass is 16.5. The first-order valence-corrected chi connectivity index (χ1v) is 8.74. The Hall–Kier alpha value is -3.10. The van der Waals surface area contributed by atoms with Gasteiger partial charge >= 0.3 is 0 Å². The molecule has 0 aliphatic heterocycles. The van der Waals surface area contributed by atoms with Crippen LogP contribution in [0.3, 0.4) is 0 Å². The van der Waals surface area contributed by atoms with E-state index in [-0.39, 0.29) is 0 Å². The zero-order chi connectivity index (χ0) is 17.8. The molecule has 0 aliphatic carbocycles. The second kappa shape index (κ2) is 7.42. The third-order valence-electron chi connectivity index (χ3n) is 4.54. The van der Waals surface area contributed by atoms with Crippen molar-refractivity contribution in [3.05, 3.63) is 114 Å². The van der Waals surface area contributed by atoms with Gasteiger partial charge in [0.15, 0.2) is 0 Å². The van der Waals surface area contributed by atoms with Gasteiger partial charge in [0.1, 0.15) is 18.5 Å². The van der Waals surface area contributed by atoms with Crippen molar-refractivity contribution in [2.75, 3.05) is 0 Å².